The second kappa shape index (κ2) is 13.5. The monoisotopic (exact) mass is 629 g/mol. The number of hydrogen-bond acceptors (Lipinski definition) is 10. The summed E-state index contributed by atoms with van der Waals surface area (Å²) in [5.41, 5.74) is 0.276. The zero-order valence-corrected chi connectivity index (χ0v) is 22.7. The normalized spacial score (nSPS) is 20.8. The molecule has 13 heteroatoms. The third-order valence-corrected chi connectivity index (χ3v) is 5.99. The lowest BCUT2D eigenvalue weighted by atomic mass is 10.1. The SMILES string of the molecule is CC(=O)OC1C(OC(C)=O)[C@@H](C)O[C@H]1n1cc(I)c(NC(=O)OCCCOCc2ccccc2)nc1=O. The molecular weight excluding hydrogens is 601 g/mol. The third kappa shape index (κ3) is 8.23. The minimum absolute atomic E-state index is 0.00112. The molecular formula is C24H28IN3O9. The Morgan fingerprint density at radius 1 is 1.08 bits per heavy atom. The molecule has 0 bridgehead atoms. The lowest BCUT2D eigenvalue weighted by Crippen LogP contribution is -2.40. The van der Waals surface area contributed by atoms with E-state index in [9.17, 15) is 19.2 Å². The van der Waals surface area contributed by atoms with E-state index in [1.165, 1.54) is 20.0 Å². The average molecular weight is 629 g/mol. The molecule has 200 valence electrons. The Bertz CT molecular complexity index is 1160. The van der Waals surface area contributed by atoms with Crippen molar-refractivity contribution < 1.29 is 38.1 Å². The van der Waals surface area contributed by atoms with Gasteiger partial charge in [-0.2, -0.15) is 4.98 Å². The van der Waals surface area contributed by atoms with Crippen LogP contribution in [0.1, 0.15) is 39.0 Å². The number of halogens is 1. The van der Waals surface area contributed by atoms with Crippen LogP contribution in [0.25, 0.3) is 0 Å². The van der Waals surface area contributed by atoms with Gasteiger partial charge in [-0.1, -0.05) is 30.3 Å². The van der Waals surface area contributed by atoms with Gasteiger partial charge in [-0.3, -0.25) is 19.5 Å². The highest BCUT2D eigenvalue weighted by Gasteiger charge is 2.48. The molecule has 2 heterocycles. The van der Waals surface area contributed by atoms with Crippen molar-refractivity contribution >= 4 is 46.4 Å². The van der Waals surface area contributed by atoms with Crippen molar-refractivity contribution in [1.82, 2.24) is 9.55 Å². The van der Waals surface area contributed by atoms with Crippen LogP contribution in [0.4, 0.5) is 10.6 Å². The Balaban J connectivity index is 1.57. The number of rotatable bonds is 10. The molecule has 37 heavy (non-hydrogen) atoms. The maximum absolute atomic E-state index is 12.8. The first kappa shape index (κ1) is 28.5. The van der Waals surface area contributed by atoms with E-state index in [0.717, 1.165) is 10.1 Å². The highest BCUT2D eigenvalue weighted by molar-refractivity contribution is 14.1. The molecule has 1 aromatic heterocycles. The molecule has 12 nitrogen and oxygen atoms in total. The Kier molecular flexibility index (Phi) is 10.4. The zero-order chi connectivity index (χ0) is 26.9. The van der Waals surface area contributed by atoms with Gasteiger partial charge in [-0.15, -0.1) is 0 Å². The Morgan fingerprint density at radius 2 is 1.76 bits per heavy atom. The summed E-state index contributed by atoms with van der Waals surface area (Å²) in [6.07, 6.45) is -2.62. The van der Waals surface area contributed by atoms with Gasteiger partial charge >= 0.3 is 23.7 Å². The Labute approximate surface area is 226 Å². The van der Waals surface area contributed by atoms with E-state index in [2.05, 4.69) is 10.3 Å². The van der Waals surface area contributed by atoms with Crippen LogP contribution in [0, 0.1) is 3.57 Å². The van der Waals surface area contributed by atoms with Crippen LogP contribution < -0.4 is 11.0 Å². The summed E-state index contributed by atoms with van der Waals surface area (Å²) < 4.78 is 28.6. The van der Waals surface area contributed by atoms with Crippen molar-refractivity contribution in [3.05, 3.63) is 56.1 Å². The van der Waals surface area contributed by atoms with Crippen LogP contribution in [0.3, 0.4) is 0 Å². The number of nitrogens with one attached hydrogen (secondary N) is 1. The molecule has 0 radical (unpaired) electrons. The van der Waals surface area contributed by atoms with E-state index in [1.54, 1.807) is 6.92 Å². The van der Waals surface area contributed by atoms with Crippen LogP contribution in [-0.2, 0) is 39.9 Å². The maximum Gasteiger partial charge on any atom is 0.412 e. The molecule has 1 aromatic carbocycles. The minimum Gasteiger partial charge on any atom is -0.456 e. The van der Waals surface area contributed by atoms with Crippen LogP contribution >= 0.6 is 22.6 Å². The first-order valence-electron chi connectivity index (χ1n) is 11.5. The number of hydrogen-bond donors (Lipinski definition) is 1. The van der Waals surface area contributed by atoms with Crippen LogP contribution in [-0.4, -0.2) is 59.1 Å². The van der Waals surface area contributed by atoms with Gasteiger partial charge < -0.3 is 23.7 Å². The summed E-state index contributed by atoms with van der Waals surface area (Å²) in [5.74, 6) is -1.22. The van der Waals surface area contributed by atoms with Gasteiger partial charge in [-0.05, 0) is 35.1 Å². The van der Waals surface area contributed by atoms with E-state index in [4.69, 9.17) is 23.7 Å². The summed E-state index contributed by atoms with van der Waals surface area (Å²) in [7, 11) is 0. The summed E-state index contributed by atoms with van der Waals surface area (Å²) in [6.45, 7) is 5.04. The van der Waals surface area contributed by atoms with Crippen LogP contribution in [0.5, 0.6) is 0 Å². The quantitative estimate of drug-likeness (QED) is 0.180. The first-order chi connectivity index (χ1) is 17.7. The molecule has 2 aromatic rings. The van der Waals surface area contributed by atoms with Crippen molar-refractivity contribution in [3.63, 3.8) is 0 Å². The fourth-order valence-corrected chi connectivity index (χ4v) is 4.19. The molecule has 1 aliphatic heterocycles. The first-order valence-corrected chi connectivity index (χ1v) is 12.6. The molecule has 4 atom stereocenters. The highest BCUT2D eigenvalue weighted by Crippen LogP contribution is 2.33. The number of aromatic nitrogens is 2. The minimum atomic E-state index is -1.09. The number of benzene rings is 1. The van der Waals surface area contributed by atoms with Gasteiger partial charge in [-0.25, -0.2) is 9.59 Å². The fraction of sp³-hybridized carbons (Fsp3) is 0.458. The van der Waals surface area contributed by atoms with Crippen molar-refractivity contribution in [2.24, 2.45) is 0 Å². The molecule has 1 amide bonds. The van der Waals surface area contributed by atoms with E-state index >= 15 is 0 Å². The van der Waals surface area contributed by atoms with Gasteiger partial charge in [0.25, 0.3) is 0 Å². The van der Waals surface area contributed by atoms with Gasteiger partial charge in [0.15, 0.2) is 24.3 Å². The summed E-state index contributed by atoms with van der Waals surface area (Å²) >= 11 is 1.89. The van der Waals surface area contributed by atoms with E-state index < -0.39 is 48.3 Å². The predicted octanol–water partition coefficient (Wildman–Crippen LogP) is 2.78. The Hall–Kier alpha value is -3.04. The van der Waals surface area contributed by atoms with E-state index in [1.807, 2.05) is 52.9 Å². The van der Waals surface area contributed by atoms with Crippen molar-refractivity contribution in [3.8, 4) is 0 Å². The molecule has 1 N–H and O–H groups in total. The summed E-state index contributed by atoms with van der Waals surface area (Å²) in [4.78, 5) is 52.0. The molecule has 0 saturated carbocycles. The molecule has 1 saturated heterocycles. The lowest BCUT2D eigenvalue weighted by Gasteiger charge is -2.23. The summed E-state index contributed by atoms with van der Waals surface area (Å²) in [5, 5.41) is 2.44. The second-order valence-corrected chi connectivity index (χ2v) is 9.32. The van der Waals surface area contributed by atoms with Crippen molar-refractivity contribution in [2.75, 3.05) is 18.5 Å². The number of amides is 1. The highest BCUT2D eigenvalue weighted by atomic mass is 127. The van der Waals surface area contributed by atoms with Crippen molar-refractivity contribution in [1.29, 1.82) is 0 Å². The van der Waals surface area contributed by atoms with Crippen molar-refractivity contribution in [2.45, 2.75) is 58.3 Å². The number of anilines is 1. The second-order valence-electron chi connectivity index (χ2n) is 8.16. The topological polar surface area (TPSA) is 144 Å². The van der Waals surface area contributed by atoms with Gasteiger partial charge in [0.2, 0.25) is 0 Å². The predicted molar refractivity (Wildman–Crippen MR) is 138 cm³/mol. The number of carbonyl (C=O) groups excluding carboxylic acids is 3. The zero-order valence-electron chi connectivity index (χ0n) is 20.5. The van der Waals surface area contributed by atoms with Crippen LogP contribution in [0.2, 0.25) is 0 Å². The Morgan fingerprint density at radius 3 is 2.43 bits per heavy atom. The molecule has 1 aliphatic rings. The van der Waals surface area contributed by atoms with Crippen LogP contribution in [0.15, 0.2) is 41.3 Å². The number of esters is 2. The number of ether oxygens (including phenoxy) is 5. The average Bonchev–Trinajstić information content (AvgIpc) is 3.12. The molecule has 1 fully saturated rings. The van der Waals surface area contributed by atoms with E-state index in [0.29, 0.717) is 23.2 Å². The molecule has 2 unspecified atom stereocenters. The largest absolute Gasteiger partial charge is 0.456 e. The molecule has 3 rings (SSSR count). The lowest BCUT2D eigenvalue weighted by molar-refractivity contribution is -0.165. The smallest absolute Gasteiger partial charge is 0.412 e. The molecule has 0 spiro atoms. The standard InChI is InChI=1S/C24H28IN3O9/c1-14-19(36-15(2)29)20(37-16(3)30)22(35-14)28-12-18(25)21(26-23(28)31)27-24(32)34-11-7-10-33-13-17-8-5-4-6-9-17/h4-6,8-9,12,14,19-20,22H,7,10-11,13H2,1-3H3,(H,26,27,31,32)/t14-,19?,20?,22-/m1/s1. The van der Waals surface area contributed by atoms with Gasteiger partial charge in [0.05, 0.1) is 29.5 Å². The third-order valence-electron chi connectivity index (χ3n) is 5.21. The molecule has 0 aliphatic carbocycles. The maximum atomic E-state index is 12.8. The van der Waals surface area contributed by atoms with Gasteiger partial charge in [0, 0.05) is 26.5 Å². The number of carbonyl (C=O) groups is 3. The fourth-order valence-electron chi connectivity index (χ4n) is 3.64. The van der Waals surface area contributed by atoms with E-state index in [-0.39, 0.29) is 12.4 Å². The number of nitrogens with zero attached hydrogens (tertiary/aromatic N) is 2. The van der Waals surface area contributed by atoms with Gasteiger partial charge in [0.1, 0.15) is 0 Å². The summed E-state index contributed by atoms with van der Waals surface area (Å²) in [6, 6.07) is 9.71.